The van der Waals surface area contributed by atoms with Crippen LogP contribution in [0, 0.1) is 17.0 Å². The molecule has 0 atom stereocenters. The van der Waals surface area contributed by atoms with Gasteiger partial charge in [0.15, 0.2) is 12.4 Å². The van der Waals surface area contributed by atoms with Crippen molar-refractivity contribution in [3.8, 4) is 0 Å². The summed E-state index contributed by atoms with van der Waals surface area (Å²) in [5.74, 6) is -0.159. The van der Waals surface area contributed by atoms with Crippen LogP contribution in [0.25, 0.3) is 10.8 Å². The Bertz CT molecular complexity index is 925. The largest absolute Gasteiger partial charge is 1.00 e. The fraction of sp³-hybridized carbons (Fsp3) is 0.111. The Balaban J connectivity index is 0.00000208. The predicted octanol–water partition coefficient (Wildman–Crippen LogP) is 0.231. The summed E-state index contributed by atoms with van der Waals surface area (Å²) in [6.45, 7) is 1.80. The van der Waals surface area contributed by atoms with Gasteiger partial charge in [0, 0.05) is 28.6 Å². The second-order valence-electron chi connectivity index (χ2n) is 5.43. The number of nitro groups is 1. The molecule has 0 bridgehead atoms. The quantitative estimate of drug-likeness (QED) is 0.279. The molecule has 24 heavy (non-hydrogen) atoms. The van der Waals surface area contributed by atoms with Crippen LogP contribution in [0.2, 0.25) is 0 Å². The van der Waals surface area contributed by atoms with Crippen molar-refractivity contribution < 1.29 is 31.3 Å². The van der Waals surface area contributed by atoms with Gasteiger partial charge in [-0.1, -0.05) is 30.3 Å². The van der Waals surface area contributed by atoms with E-state index in [1.807, 2.05) is 42.7 Å². The van der Waals surface area contributed by atoms with E-state index < -0.39 is 4.92 Å². The van der Waals surface area contributed by atoms with Crippen LogP contribution in [0.5, 0.6) is 0 Å². The van der Waals surface area contributed by atoms with Crippen LogP contribution in [-0.2, 0) is 6.54 Å². The summed E-state index contributed by atoms with van der Waals surface area (Å²) in [5, 5.41) is 13.1. The zero-order chi connectivity index (χ0) is 16.4. The fourth-order valence-electron chi connectivity index (χ4n) is 2.51. The molecule has 0 aliphatic rings. The number of aryl methyl sites for hydroxylation is 1. The molecular formula is C18H15BrN2O3. The van der Waals surface area contributed by atoms with E-state index in [2.05, 4.69) is 0 Å². The molecule has 0 fully saturated rings. The normalized spacial score (nSPS) is 10.2. The highest BCUT2D eigenvalue weighted by atomic mass is 79.9. The molecule has 1 heterocycles. The van der Waals surface area contributed by atoms with E-state index in [1.165, 1.54) is 6.07 Å². The molecule has 6 heteroatoms. The monoisotopic (exact) mass is 386 g/mol. The van der Waals surface area contributed by atoms with Crippen LogP contribution in [0.15, 0.2) is 60.9 Å². The molecule has 0 aliphatic carbocycles. The molecule has 0 unspecified atom stereocenters. The lowest BCUT2D eigenvalue weighted by atomic mass is 10.1. The maximum Gasteiger partial charge on any atom is 0.273 e. The van der Waals surface area contributed by atoms with E-state index in [9.17, 15) is 14.9 Å². The third-order valence-corrected chi connectivity index (χ3v) is 3.80. The molecule has 2 aromatic carbocycles. The number of carbonyl (C=O) groups excluding carboxylic acids is 1. The first kappa shape index (κ1) is 17.7. The van der Waals surface area contributed by atoms with E-state index >= 15 is 0 Å². The standard InChI is InChI=1S/C18H15N2O3.BrH/c1-13-6-7-15(10-17(13)20(22)23)18(21)12-19-9-8-14-4-2-3-5-16(14)11-19;/h2-11H,12H2,1H3;1H/q+1;/p-1. The number of nitro benzene ring substituents is 1. The van der Waals surface area contributed by atoms with Gasteiger partial charge in [-0.15, -0.1) is 0 Å². The highest BCUT2D eigenvalue weighted by Gasteiger charge is 2.18. The Hall–Kier alpha value is -2.60. The molecule has 3 aromatic rings. The Morgan fingerprint density at radius 2 is 1.83 bits per heavy atom. The number of hydrogen-bond donors (Lipinski definition) is 0. The summed E-state index contributed by atoms with van der Waals surface area (Å²) in [4.78, 5) is 22.9. The van der Waals surface area contributed by atoms with E-state index in [0.29, 0.717) is 11.1 Å². The van der Waals surface area contributed by atoms with Gasteiger partial charge in [0.1, 0.15) is 0 Å². The lowest BCUT2D eigenvalue weighted by Gasteiger charge is -2.02. The van der Waals surface area contributed by atoms with E-state index in [1.54, 1.807) is 23.6 Å². The molecule has 3 rings (SSSR count). The highest BCUT2D eigenvalue weighted by molar-refractivity contribution is 5.95. The van der Waals surface area contributed by atoms with Crippen molar-refractivity contribution in [3.63, 3.8) is 0 Å². The minimum absolute atomic E-state index is 0. The van der Waals surface area contributed by atoms with Gasteiger partial charge in [0.05, 0.1) is 4.92 Å². The number of halogens is 1. The Kier molecular flexibility index (Phi) is 5.41. The molecule has 0 aliphatic heterocycles. The average Bonchev–Trinajstić information content (AvgIpc) is 2.54. The second-order valence-corrected chi connectivity index (χ2v) is 5.43. The summed E-state index contributed by atoms with van der Waals surface area (Å²) in [7, 11) is 0. The third-order valence-electron chi connectivity index (χ3n) is 3.80. The van der Waals surface area contributed by atoms with E-state index in [0.717, 1.165) is 10.8 Å². The lowest BCUT2D eigenvalue weighted by Crippen LogP contribution is -3.00. The molecule has 0 amide bonds. The molecule has 1 aromatic heterocycles. The molecule has 0 saturated heterocycles. The number of pyridine rings is 1. The molecule has 0 spiro atoms. The molecule has 5 nitrogen and oxygen atoms in total. The van der Waals surface area contributed by atoms with Crippen LogP contribution in [0.3, 0.4) is 0 Å². The number of fused-ring (bicyclic) bond motifs is 1. The number of nitrogens with zero attached hydrogens (tertiary/aromatic N) is 2. The van der Waals surface area contributed by atoms with Gasteiger partial charge in [-0.05, 0) is 18.4 Å². The summed E-state index contributed by atoms with van der Waals surface area (Å²) >= 11 is 0. The molecule has 0 N–H and O–H groups in total. The van der Waals surface area contributed by atoms with E-state index in [-0.39, 0.29) is 35.0 Å². The third kappa shape index (κ3) is 3.65. The van der Waals surface area contributed by atoms with Crippen molar-refractivity contribution in [2.24, 2.45) is 0 Å². The highest BCUT2D eigenvalue weighted by Crippen LogP contribution is 2.19. The summed E-state index contributed by atoms with van der Waals surface area (Å²) < 4.78 is 1.79. The second kappa shape index (κ2) is 7.31. The number of benzene rings is 2. The van der Waals surface area contributed by atoms with Crippen LogP contribution in [0.4, 0.5) is 5.69 Å². The topological polar surface area (TPSA) is 64.1 Å². The smallest absolute Gasteiger partial charge is 0.273 e. The van der Waals surface area contributed by atoms with Gasteiger partial charge in [0.2, 0.25) is 12.3 Å². The number of hydrogen-bond acceptors (Lipinski definition) is 3. The number of rotatable bonds is 4. The zero-order valence-corrected chi connectivity index (χ0v) is 14.6. The summed E-state index contributed by atoms with van der Waals surface area (Å²) in [6, 6.07) is 14.4. The lowest BCUT2D eigenvalue weighted by molar-refractivity contribution is -0.681. The summed E-state index contributed by atoms with van der Waals surface area (Å²) in [6.07, 6.45) is 3.73. The van der Waals surface area contributed by atoms with Crippen LogP contribution < -0.4 is 21.5 Å². The van der Waals surface area contributed by atoms with Crippen molar-refractivity contribution in [2.75, 3.05) is 0 Å². The summed E-state index contributed by atoms with van der Waals surface area (Å²) in [5.41, 5.74) is 0.868. The van der Waals surface area contributed by atoms with Gasteiger partial charge in [0.25, 0.3) is 5.69 Å². The Morgan fingerprint density at radius 3 is 2.54 bits per heavy atom. The van der Waals surface area contributed by atoms with Gasteiger partial charge in [-0.2, -0.15) is 4.57 Å². The van der Waals surface area contributed by atoms with Crippen molar-refractivity contribution in [1.29, 1.82) is 0 Å². The van der Waals surface area contributed by atoms with Crippen LogP contribution in [-0.4, -0.2) is 10.7 Å². The molecule has 0 saturated carbocycles. The zero-order valence-electron chi connectivity index (χ0n) is 13.0. The fourth-order valence-corrected chi connectivity index (χ4v) is 2.51. The van der Waals surface area contributed by atoms with Crippen molar-refractivity contribution >= 4 is 22.2 Å². The molecule has 122 valence electrons. The Labute approximate surface area is 149 Å². The minimum atomic E-state index is -0.463. The average molecular weight is 387 g/mol. The number of carbonyl (C=O) groups is 1. The molecular weight excluding hydrogens is 372 g/mol. The first-order valence-corrected chi connectivity index (χ1v) is 7.21. The first-order chi connectivity index (χ1) is 11.0. The minimum Gasteiger partial charge on any atom is -1.00 e. The predicted molar refractivity (Wildman–Crippen MR) is 86.3 cm³/mol. The maximum atomic E-state index is 12.4. The first-order valence-electron chi connectivity index (χ1n) is 7.21. The van der Waals surface area contributed by atoms with Gasteiger partial charge in [-0.3, -0.25) is 14.9 Å². The van der Waals surface area contributed by atoms with Crippen molar-refractivity contribution in [3.05, 3.63) is 82.2 Å². The maximum absolute atomic E-state index is 12.4. The SMILES string of the molecule is Cc1ccc(C(=O)C[n+]2ccc3ccccc3c2)cc1[N+](=O)[O-].[Br-]. The van der Waals surface area contributed by atoms with Crippen molar-refractivity contribution in [2.45, 2.75) is 13.5 Å². The van der Waals surface area contributed by atoms with Gasteiger partial charge in [-0.25, -0.2) is 0 Å². The van der Waals surface area contributed by atoms with Crippen LogP contribution in [0.1, 0.15) is 15.9 Å². The van der Waals surface area contributed by atoms with E-state index in [4.69, 9.17) is 0 Å². The van der Waals surface area contributed by atoms with Gasteiger partial charge < -0.3 is 17.0 Å². The van der Waals surface area contributed by atoms with Crippen LogP contribution >= 0.6 is 0 Å². The molecule has 0 radical (unpaired) electrons. The van der Waals surface area contributed by atoms with Crippen molar-refractivity contribution in [1.82, 2.24) is 0 Å². The number of ketones is 1. The number of aromatic nitrogens is 1. The van der Waals surface area contributed by atoms with Gasteiger partial charge >= 0.3 is 0 Å². The Morgan fingerprint density at radius 1 is 1.12 bits per heavy atom. The number of Topliss-reactive ketones (excluding diaryl/α,β-unsaturated/α-hetero) is 1.